The van der Waals surface area contributed by atoms with Gasteiger partial charge in [0.15, 0.2) is 11.7 Å². The number of aryl methyl sites for hydroxylation is 1. The Kier molecular flexibility index (Phi) is 7.38. The molecule has 2 aromatic rings. The summed E-state index contributed by atoms with van der Waals surface area (Å²) in [4.78, 5) is 23.8. The zero-order valence-corrected chi connectivity index (χ0v) is 16.8. The number of nitrogens with one attached hydrogen (secondary N) is 3. The third-order valence-corrected chi connectivity index (χ3v) is 4.13. The molecule has 9 heteroatoms. The van der Waals surface area contributed by atoms with Crippen molar-refractivity contribution in [2.45, 2.75) is 6.92 Å². The number of rotatable bonds is 4. The van der Waals surface area contributed by atoms with E-state index < -0.39 is 5.91 Å². The zero-order valence-electron chi connectivity index (χ0n) is 13.6. The van der Waals surface area contributed by atoms with Gasteiger partial charge in [-0.3, -0.25) is 25.8 Å². The molecule has 2 rings (SSSR count). The van der Waals surface area contributed by atoms with Crippen LogP contribution in [0, 0.1) is 6.92 Å². The molecule has 0 atom stereocenters. The van der Waals surface area contributed by atoms with Gasteiger partial charge in [0.25, 0.3) is 11.8 Å². The van der Waals surface area contributed by atoms with E-state index >= 15 is 0 Å². The van der Waals surface area contributed by atoms with E-state index in [1.165, 1.54) is 0 Å². The van der Waals surface area contributed by atoms with Gasteiger partial charge in [0.2, 0.25) is 0 Å². The minimum absolute atomic E-state index is 0.0301. The van der Waals surface area contributed by atoms with E-state index in [2.05, 4.69) is 32.1 Å². The second-order valence-corrected chi connectivity index (χ2v) is 6.89. The van der Waals surface area contributed by atoms with Crippen LogP contribution in [0.15, 0.2) is 46.9 Å². The average molecular weight is 457 g/mol. The van der Waals surface area contributed by atoms with Crippen molar-refractivity contribution in [3.05, 3.63) is 63.1 Å². The average Bonchev–Trinajstić information content (AvgIpc) is 2.59. The molecule has 0 unspecified atom stereocenters. The highest BCUT2D eigenvalue weighted by Gasteiger charge is 2.10. The SMILES string of the molecule is Cc1cccc(C(=O)NC(=S)NNC(=O)COc2ccc(Cl)cc2Br)c1. The summed E-state index contributed by atoms with van der Waals surface area (Å²) in [6.07, 6.45) is 0. The summed E-state index contributed by atoms with van der Waals surface area (Å²) >= 11 is 14.1. The summed E-state index contributed by atoms with van der Waals surface area (Å²) in [5.74, 6) is -0.374. The van der Waals surface area contributed by atoms with Crippen LogP contribution >= 0.6 is 39.7 Å². The molecular formula is C17H15BrClN3O3S. The van der Waals surface area contributed by atoms with Crippen LogP contribution in [0.3, 0.4) is 0 Å². The highest BCUT2D eigenvalue weighted by molar-refractivity contribution is 9.10. The first-order valence-corrected chi connectivity index (χ1v) is 8.98. The van der Waals surface area contributed by atoms with Gasteiger partial charge in [-0.05, 0) is 65.4 Å². The van der Waals surface area contributed by atoms with Crippen molar-refractivity contribution in [2.75, 3.05) is 6.61 Å². The Bertz CT molecular complexity index is 848. The number of hydrogen-bond acceptors (Lipinski definition) is 4. The topological polar surface area (TPSA) is 79.5 Å². The van der Waals surface area contributed by atoms with Crippen LogP contribution in [0.5, 0.6) is 5.75 Å². The van der Waals surface area contributed by atoms with Gasteiger partial charge in [0.05, 0.1) is 4.47 Å². The number of halogens is 2. The van der Waals surface area contributed by atoms with Crippen molar-refractivity contribution in [3.8, 4) is 5.75 Å². The quantitative estimate of drug-likeness (QED) is 0.487. The molecular weight excluding hydrogens is 442 g/mol. The first-order valence-electron chi connectivity index (χ1n) is 7.40. The summed E-state index contributed by atoms with van der Waals surface area (Å²) in [7, 11) is 0. The van der Waals surface area contributed by atoms with Crippen molar-refractivity contribution >= 4 is 56.7 Å². The first kappa shape index (κ1) is 20.2. The summed E-state index contributed by atoms with van der Waals surface area (Å²) in [5, 5.41) is 2.99. The highest BCUT2D eigenvalue weighted by atomic mass is 79.9. The van der Waals surface area contributed by atoms with E-state index in [4.69, 9.17) is 28.6 Å². The van der Waals surface area contributed by atoms with Crippen LogP contribution < -0.4 is 20.9 Å². The summed E-state index contributed by atoms with van der Waals surface area (Å²) < 4.78 is 5.99. The van der Waals surface area contributed by atoms with Gasteiger partial charge < -0.3 is 4.74 Å². The van der Waals surface area contributed by atoms with E-state index in [-0.39, 0.29) is 17.6 Å². The number of ether oxygens (including phenoxy) is 1. The Balaban J connectivity index is 1.76. The predicted molar refractivity (Wildman–Crippen MR) is 107 cm³/mol. The lowest BCUT2D eigenvalue weighted by molar-refractivity contribution is -0.123. The smallest absolute Gasteiger partial charge is 0.276 e. The highest BCUT2D eigenvalue weighted by Crippen LogP contribution is 2.27. The van der Waals surface area contributed by atoms with Crippen LogP contribution in [0.25, 0.3) is 0 Å². The van der Waals surface area contributed by atoms with Gasteiger partial charge in [0, 0.05) is 10.6 Å². The van der Waals surface area contributed by atoms with Crippen molar-refractivity contribution in [2.24, 2.45) is 0 Å². The maximum atomic E-state index is 12.0. The minimum atomic E-state index is -0.473. The summed E-state index contributed by atoms with van der Waals surface area (Å²) in [5.41, 5.74) is 6.21. The van der Waals surface area contributed by atoms with Crippen LogP contribution in [-0.2, 0) is 4.79 Å². The predicted octanol–water partition coefficient (Wildman–Crippen LogP) is 3.13. The van der Waals surface area contributed by atoms with Gasteiger partial charge in [0.1, 0.15) is 5.75 Å². The fourth-order valence-corrected chi connectivity index (χ4v) is 2.83. The standard InChI is InChI=1S/C17H15BrClN3O3S/c1-10-3-2-4-11(7-10)16(24)20-17(26)22-21-15(23)9-25-14-6-5-12(19)8-13(14)18/h2-8H,9H2,1H3,(H,21,23)(H2,20,22,24,26). The normalized spacial score (nSPS) is 9.96. The Morgan fingerprint density at radius 1 is 1.19 bits per heavy atom. The molecule has 0 aliphatic heterocycles. The fraction of sp³-hybridized carbons (Fsp3) is 0.118. The molecule has 0 aromatic heterocycles. The van der Waals surface area contributed by atoms with Gasteiger partial charge in [-0.15, -0.1) is 0 Å². The molecule has 0 spiro atoms. The Labute approximate surface area is 169 Å². The lowest BCUT2D eigenvalue weighted by Gasteiger charge is -2.12. The van der Waals surface area contributed by atoms with E-state index in [1.54, 1.807) is 36.4 Å². The number of benzene rings is 2. The molecule has 0 aliphatic rings. The van der Waals surface area contributed by atoms with Crippen molar-refractivity contribution in [1.29, 1.82) is 0 Å². The van der Waals surface area contributed by atoms with Crippen molar-refractivity contribution < 1.29 is 14.3 Å². The van der Waals surface area contributed by atoms with Crippen LogP contribution in [-0.4, -0.2) is 23.5 Å². The van der Waals surface area contributed by atoms with Crippen LogP contribution in [0.2, 0.25) is 5.02 Å². The molecule has 136 valence electrons. The molecule has 0 heterocycles. The maximum absolute atomic E-state index is 12.0. The molecule has 0 fully saturated rings. The second kappa shape index (κ2) is 9.51. The number of hydrogen-bond donors (Lipinski definition) is 3. The lowest BCUT2D eigenvalue weighted by atomic mass is 10.1. The van der Waals surface area contributed by atoms with E-state index in [0.29, 0.717) is 20.8 Å². The van der Waals surface area contributed by atoms with Crippen molar-refractivity contribution in [1.82, 2.24) is 16.2 Å². The van der Waals surface area contributed by atoms with Gasteiger partial charge in [-0.25, -0.2) is 0 Å². The Morgan fingerprint density at radius 3 is 2.65 bits per heavy atom. The molecule has 0 radical (unpaired) electrons. The summed E-state index contributed by atoms with van der Waals surface area (Å²) in [6.45, 7) is 1.63. The van der Waals surface area contributed by atoms with Crippen molar-refractivity contribution in [3.63, 3.8) is 0 Å². The molecule has 6 nitrogen and oxygen atoms in total. The lowest BCUT2D eigenvalue weighted by Crippen LogP contribution is -2.49. The minimum Gasteiger partial charge on any atom is -0.483 e. The molecule has 0 aliphatic carbocycles. The molecule has 3 N–H and O–H groups in total. The zero-order chi connectivity index (χ0) is 19.1. The van der Waals surface area contributed by atoms with E-state index in [1.807, 2.05) is 13.0 Å². The fourth-order valence-electron chi connectivity index (χ4n) is 1.89. The Morgan fingerprint density at radius 2 is 1.96 bits per heavy atom. The Hall–Kier alpha value is -2.16. The van der Waals surface area contributed by atoms with Gasteiger partial charge in [-0.1, -0.05) is 29.3 Å². The number of carbonyl (C=O) groups is 2. The number of thiocarbonyl (C=S) groups is 1. The van der Waals surface area contributed by atoms with Crippen LogP contribution in [0.1, 0.15) is 15.9 Å². The van der Waals surface area contributed by atoms with E-state index in [9.17, 15) is 9.59 Å². The largest absolute Gasteiger partial charge is 0.483 e. The van der Waals surface area contributed by atoms with Gasteiger partial charge in [-0.2, -0.15) is 0 Å². The second-order valence-electron chi connectivity index (χ2n) is 5.19. The van der Waals surface area contributed by atoms with E-state index in [0.717, 1.165) is 5.56 Å². The maximum Gasteiger partial charge on any atom is 0.276 e. The summed E-state index contributed by atoms with van der Waals surface area (Å²) in [6, 6.07) is 12.0. The van der Waals surface area contributed by atoms with Gasteiger partial charge >= 0.3 is 0 Å². The molecule has 2 amide bonds. The molecule has 0 saturated heterocycles. The third-order valence-electron chi connectivity index (χ3n) is 3.08. The molecule has 2 aromatic carbocycles. The number of amides is 2. The number of carbonyl (C=O) groups excluding carboxylic acids is 2. The molecule has 26 heavy (non-hydrogen) atoms. The molecule has 0 bridgehead atoms. The van der Waals surface area contributed by atoms with Crippen LogP contribution in [0.4, 0.5) is 0 Å². The first-order chi connectivity index (χ1) is 12.3. The number of hydrazine groups is 1. The third kappa shape index (κ3) is 6.29. The monoisotopic (exact) mass is 455 g/mol. The molecule has 0 saturated carbocycles.